The Morgan fingerprint density at radius 2 is 1.70 bits per heavy atom. The van der Waals surface area contributed by atoms with Crippen molar-refractivity contribution in [3.63, 3.8) is 0 Å². The fourth-order valence-corrected chi connectivity index (χ4v) is 7.24. The van der Waals surface area contributed by atoms with Crippen molar-refractivity contribution in [3.8, 4) is 33.9 Å². The fraction of sp³-hybridized carbons (Fsp3) is 0.242. The van der Waals surface area contributed by atoms with Gasteiger partial charge in [-0.25, -0.2) is 17.8 Å². The number of nitro benzene ring substituents is 1. The standard InChI is InChI=1S/C33H32FN5O6S/c1-3-45-28-9-5-6-23(19-28)25-10-13-32-35-33(24-7-4-8-27(18-24)39(40)41)29(38(32)21-25)22-36-14-16-37(17-15-36)46(42,43)31-12-11-26(34)20-30(31)44-2/h4-13,18-21H,3,14-17,22H2,1-2H3. The van der Waals surface area contributed by atoms with Gasteiger partial charge in [-0.3, -0.25) is 15.0 Å². The lowest BCUT2D eigenvalue weighted by Gasteiger charge is -2.34. The van der Waals surface area contributed by atoms with Gasteiger partial charge in [0.15, 0.2) is 0 Å². The zero-order valence-electron chi connectivity index (χ0n) is 25.3. The van der Waals surface area contributed by atoms with Crippen molar-refractivity contribution in [2.75, 3.05) is 39.9 Å². The molecule has 3 aromatic carbocycles. The molecule has 46 heavy (non-hydrogen) atoms. The molecule has 1 aliphatic rings. The van der Waals surface area contributed by atoms with Crippen molar-refractivity contribution in [3.05, 3.63) is 107 Å². The van der Waals surface area contributed by atoms with E-state index in [1.54, 1.807) is 12.1 Å². The van der Waals surface area contributed by atoms with Crippen LogP contribution in [0.4, 0.5) is 10.1 Å². The van der Waals surface area contributed by atoms with Crippen LogP contribution in [0.15, 0.2) is 90.0 Å². The Bertz CT molecular complexity index is 2020. The largest absolute Gasteiger partial charge is 0.495 e. The maximum atomic E-state index is 13.8. The Hall–Kier alpha value is -4.85. The SMILES string of the molecule is CCOc1cccc(-c2ccc3nc(-c4cccc([N+](=O)[O-])c4)c(CN4CCN(S(=O)(=O)c5ccc(F)cc5OC)CC4)n3c2)c1. The van der Waals surface area contributed by atoms with Crippen molar-refractivity contribution >= 4 is 21.4 Å². The number of piperazine rings is 1. The average molecular weight is 646 g/mol. The number of nitro groups is 1. The molecule has 0 N–H and O–H groups in total. The predicted molar refractivity (Wildman–Crippen MR) is 171 cm³/mol. The number of nitrogens with zero attached hydrogens (tertiary/aromatic N) is 5. The summed E-state index contributed by atoms with van der Waals surface area (Å²) < 4.78 is 54.9. The second kappa shape index (κ2) is 12.9. The molecule has 0 atom stereocenters. The minimum Gasteiger partial charge on any atom is -0.495 e. The molecule has 0 aliphatic carbocycles. The van der Waals surface area contributed by atoms with Crippen LogP contribution in [-0.2, 0) is 16.6 Å². The zero-order valence-corrected chi connectivity index (χ0v) is 26.1. The average Bonchev–Trinajstić information content (AvgIpc) is 3.42. The highest BCUT2D eigenvalue weighted by molar-refractivity contribution is 7.89. The van der Waals surface area contributed by atoms with Crippen LogP contribution in [0.3, 0.4) is 0 Å². The van der Waals surface area contributed by atoms with E-state index in [4.69, 9.17) is 14.5 Å². The van der Waals surface area contributed by atoms with Crippen LogP contribution in [0.1, 0.15) is 12.6 Å². The van der Waals surface area contributed by atoms with Gasteiger partial charge in [-0.05, 0) is 54.4 Å². The van der Waals surface area contributed by atoms with E-state index in [2.05, 4.69) is 4.90 Å². The third-order valence-electron chi connectivity index (χ3n) is 7.97. The first-order valence-electron chi connectivity index (χ1n) is 14.7. The number of methoxy groups -OCH3 is 1. The van der Waals surface area contributed by atoms with Gasteiger partial charge >= 0.3 is 0 Å². The Morgan fingerprint density at radius 1 is 0.935 bits per heavy atom. The first kappa shape index (κ1) is 31.1. The smallest absolute Gasteiger partial charge is 0.270 e. The minimum absolute atomic E-state index is 0.0380. The molecule has 11 nitrogen and oxygen atoms in total. The Kier molecular flexibility index (Phi) is 8.71. The third kappa shape index (κ3) is 6.16. The molecule has 0 spiro atoms. The lowest BCUT2D eigenvalue weighted by molar-refractivity contribution is -0.384. The first-order valence-corrected chi connectivity index (χ1v) is 16.2. The normalized spacial score (nSPS) is 14.4. The van der Waals surface area contributed by atoms with Gasteiger partial charge in [0.2, 0.25) is 10.0 Å². The second-order valence-corrected chi connectivity index (χ2v) is 12.7. The first-order chi connectivity index (χ1) is 22.2. The number of rotatable bonds is 10. The Labute approximate surface area is 265 Å². The highest BCUT2D eigenvalue weighted by Gasteiger charge is 2.32. The van der Waals surface area contributed by atoms with Gasteiger partial charge in [0.25, 0.3) is 5.69 Å². The van der Waals surface area contributed by atoms with E-state index in [-0.39, 0.29) is 29.4 Å². The maximum absolute atomic E-state index is 13.8. The van der Waals surface area contributed by atoms with Crippen LogP contribution < -0.4 is 9.47 Å². The molecular weight excluding hydrogens is 613 g/mol. The minimum atomic E-state index is -3.93. The summed E-state index contributed by atoms with van der Waals surface area (Å²) in [5.74, 6) is 0.130. The van der Waals surface area contributed by atoms with E-state index in [1.165, 1.54) is 29.6 Å². The lowest BCUT2D eigenvalue weighted by atomic mass is 10.1. The second-order valence-electron chi connectivity index (χ2n) is 10.8. The van der Waals surface area contributed by atoms with Gasteiger partial charge in [-0.15, -0.1) is 0 Å². The summed E-state index contributed by atoms with van der Waals surface area (Å²) in [5.41, 5.74) is 4.55. The number of hydrogen-bond acceptors (Lipinski definition) is 8. The lowest BCUT2D eigenvalue weighted by Crippen LogP contribution is -2.48. The number of halogens is 1. The molecule has 2 aromatic heterocycles. The number of hydrogen-bond donors (Lipinski definition) is 0. The number of sulfonamides is 1. The molecule has 0 saturated carbocycles. The zero-order chi connectivity index (χ0) is 32.4. The topological polar surface area (TPSA) is 120 Å². The molecule has 6 rings (SSSR count). The number of fused-ring (bicyclic) bond motifs is 1. The molecule has 13 heteroatoms. The molecule has 0 amide bonds. The van der Waals surface area contributed by atoms with Crippen LogP contribution >= 0.6 is 0 Å². The van der Waals surface area contributed by atoms with Crippen LogP contribution in [0, 0.1) is 15.9 Å². The molecule has 3 heterocycles. The summed E-state index contributed by atoms with van der Waals surface area (Å²) in [7, 11) is -2.62. The van der Waals surface area contributed by atoms with Crippen molar-refractivity contribution in [1.29, 1.82) is 0 Å². The van der Waals surface area contributed by atoms with E-state index < -0.39 is 20.8 Å². The highest BCUT2D eigenvalue weighted by Crippen LogP contribution is 2.32. The van der Waals surface area contributed by atoms with Crippen molar-refractivity contribution < 1.29 is 27.2 Å². The number of aromatic nitrogens is 2. The van der Waals surface area contributed by atoms with E-state index >= 15 is 0 Å². The van der Waals surface area contributed by atoms with E-state index in [1.807, 2.05) is 53.9 Å². The summed E-state index contributed by atoms with van der Waals surface area (Å²) in [6.45, 7) is 4.15. The van der Waals surface area contributed by atoms with Crippen LogP contribution in [0.25, 0.3) is 28.0 Å². The van der Waals surface area contributed by atoms with E-state index in [0.29, 0.717) is 43.1 Å². The molecule has 0 bridgehead atoms. The Balaban J connectivity index is 1.33. The summed E-state index contributed by atoms with van der Waals surface area (Å²) >= 11 is 0. The van der Waals surface area contributed by atoms with Crippen molar-refractivity contribution in [1.82, 2.24) is 18.6 Å². The van der Waals surface area contributed by atoms with Crippen molar-refractivity contribution in [2.45, 2.75) is 18.4 Å². The van der Waals surface area contributed by atoms with Crippen LogP contribution in [-0.4, -0.2) is 71.8 Å². The monoisotopic (exact) mass is 645 g/mol. The maximum Gasteiger partial charge on any atom is 0.270 e. The van der Waals surface area contributed by atoms with Crippen molar-refractivity contribution in [2.24, 2.45) is 0 Å². The molecule has 0 unspecified atom stereocenters. The van der Waals surface area contributed by atoms with Gasteiger partial charge in [-0.2, -0.15) is 4.31 Å². The number of ether oxygens (including phenoxy) is 2. The summed E-state index contributed by atoms with van der Waals surface area (Å²) in [5, 5.41) is 11.6. The molecule has 1 aliphatic heterocycles. The van der Waals surface area contributed by atoms with Crippen LogP contribution in [0.2, 0.25) is 0 Å². The fourth-order valence-electron chi connectivity index (χ4n) is 5.68. The summed E-state index contributed by atoms with van der Waals surface area (Å²) in [6.07, 6.45) is 1.99. The predicted octanol–water partition coefficient (Wildman–Crippen LogP) is 5.63. The highest BCUT2D eigenvalue weighted by atomic mass is 32.2. The number of imidazole rings is 1. The van der Waals surface area contributed by atoms with Crippen LogP contribution in [0.5, 0.6) is 11.5 Å². The Morgan fingerprint density at radius 3 is 2.43 bits per heavy atom. The number of pyridine rings is 1. The molecule has 1 saturated heterocycles. The number of non-ortho nitro benzene ring substituents is 1. The third-order valence-corrected chi connectivity index (χ3v) is 9.91. The van der Waals surface area contributed by atoms with Gasteiger partial charge in [-0.1, -0.05) is 24.3 Å². The van der Waals surface area contributed by atoms with Gasteiger partial charge in [0, 0.05) is 62.7 Å². The molecule has 0 radical (unpaired) electrons. The van der Waals surface area contributed by atoms with E-state index in [0.717, 1.165) is 34.7 Å². The summed E-state index contributed by atoms with van der Waals surface area (Å²) in [6, 6.07) is 21.5. The van der Waals surface area contributed by atoms with E-state index in [9.17, 15) is 22.9 Å². The molecule has 238 valence electrons. The van der Waals surface area contributed by atoms with Gasteiger partial charge in [0.05, 0.1) is 30.0 Å². The quantitative estimate of drug-likeness (QED) is 0.142. The number of benzene rings is 3. The molecule has 1 fully saturated rings. The van der Waals surface area contributed by atoms with Gasteiger partial charge < -0.3 is 13.9 Å². The molecule has 5 aromatic rings. The summed E-state index contributed by atoms with van der Waals surface area (Å²) in [4.78, 5) is 18.1. The van der Waals surface area contributed by atoms with Gasteiger partial charge in [0.1, 0.15) is 27.9 Å². The molecular formula is C33H32FN5O6S.